The van der Waals surface area contributed by atoms with E-state index in [1.807, 2.05) is 0 Å². The number of benzene rings is 1. The molecule has 0 aliphatic heterocycles. The maximum absolute atomic E-state index is 9.92. The number of primary amides is 1. The van der Waals surface area contributed by atoms with Gasteiger partial charge in [-0.1, -0.05) is 38.1 Å². The van der Waals surface area contributed by atoms with E-state index in [4.69, 9.17) is 5.73 Å². The van der Waals surface area contributed by atoms with Crippen molar-refractivity contribution < 1.29 is 4.79 Å². The number of rotatable bonds is 1. The third kappa shape index (κ3) is 4.05. The van der Waals surface area contributed by atoms with Crippen LogP contribution in [0.1, 0.15) is 37.8 Å². The number of hydrogen-bond donors (Lipinski definition) is 1. The molecule has 0 radical (unpaired) electrons. The van der Waals surface area contributed by atoms with Crippen LogP contribution in [0.3, 0.4) is 0 Å². The summed E-state index contributed by atoms with van der Waals surface area (Å²) < 4.78 is 0. The van der Waals surface area contributed by atoms with E-state index < -0.39 is 0 Å². The van der Waals surface area contributed by atoms with E-state index in [2.05, 4.69) is 24.3 Å². The Hall–Kier alpha value is -1.31. The lowest BCUT2D eigenvalue weighted by Crippen LogP contribution is -2.17. The smallest absolute Gasteiger partial charge is 0.219 e. The van der Waals surface area contributed by atoms with Crippen LogP contribution < -0.4 is 5.73 Å². The SMILES string of the molecule is CC(C)C(N)=O.c1ccc2c(c1)CCCC2. The van der Waals surface area contributed by atoms with Crippen LogP contribution in [0, 0.1) is 5.92 Å². The highest BCUT2D eigenvalue weighted by Gasteiger charge is 2.05. The summed E-state index contributed by atoms with van der Waals surface area (Å²) in [7, 11) is 0. The molecule has 0 aromatic heterocycles. The van der Waals surface area contributed by atoms with Crippen molar-refractivity contribution in [2.24, 2.45) is 11.7 Å². The number of aryl methyl sites for hydroxylation is 2. The summed E-state index contributed by atoms with van der Waals surface area (Å²) >= 11 is 0. The second kappa shape index (κ2) is 6.31. The molecule has 88 valence electrons. The van der Waals surface area contributed by atoms with E-state index in [1.165, 1.54) is 25.7 Å². The molecule has 0 spiro atoms. The number of nitrogens with two attached hydrogens (primary N) is 1. The first-order valence-corrected chi connectivity index (χ1v) is 5.97. The van der Waals surface area contributed by atoms with Crippen LogP contribution in [0.5, 0.6) is 0 Å². The molecule has 0 saturated heterocycles. The number of carbonyl (C=O) groups excluding carboxylic acids is 1. The van der Waals surface area contributed by atoms with Crippen LogP contribution in [0.25, 0.3) is 0 Å². The fourth-order valence-corrected chi connectivity index (χ4v) is 1.68. The summed E-state index contributed by atoms with van der Waals surface area (Å²) in [4.78, 5) is 9.92. The molecule has 1 aliphatic rings. The molecule has 1 amide bonds. The summed E-state index contributed by atoms with van der Waals surface area (Å²) in [5.74, 6) is -0.250. The van der Waals surface area contributed by atoms with Gasteiger partial charge in [-0.15, -0.1) is 0 Å². The molecule has 0 unspecified atom stereocenters. The Morgan fingerprint density at radius 1 is 1.12 bits per heavy atom. The average molecular weight is 219 g/mol. The van der Waals surface area contributed by atoms with E-state index in [1.54, 1.807) is 25.0 Å². The van der Waals surface area contributed by atoms with Crippen molar-refractivity contribution in [3.8, 4) is 0 Å². The van der Waals surface area contributed by atoms with Crippen molar-refractivity contribution in [2.75, 3.05) is 0 Å². The summed E-state index contributed by atoms with van der Waals surface area (Å²) in [6.07, 6.45) is 5.38. The largest absolute Gasteiger partial charge is 0.369 e. The van der Waals surface area contributed by atoms with Gasteiger partial charge in [-0.25, -0.2) is 0 Å². The van der Waals surface area contributed by atoms with E-state index in [9.17, 15) is 4.79 Å². The van der Waals surface area contributed by atoms with Gasteiger partial charge >= 0.3 is 0 Å². The molecular formula is C14H21NO. The Bertz CT molecular complexity index is 319. The molecule has 0 atom stereocenters. The monoisotopic (exact) mass is 219 g/mol. The van der Waals surface area contributed by atoms with Crippen LogP contribution in [-0.2, 0) is 17.6 Å². The van der Waals surface area contributed by atoms with Crippen LogP contribution >= 0.6 is 0 Å². The lowest BCUT2D eigenvalue weighted by molar-refractivity contribution is -0.120. The van der Waals surface area contributed by atoms with Crippen LogP contribution in [0.4, 0.5) is 0 Å². The zero-order valence-electron chi connectivity index (χ0n) is 10.2. The van der Waals surface area contributed by atoms with Gasteiger partial charge in [-0.05, 0) is 36.8 Å². The molecule has 2 heteroatoms. The Labute approximate surface area is 97.9 Å². The molecule has 2 rings (SSSR count). The topological polar surface area (TPSA) is 43.1 Å². The highest BCUT2D eigenvalue weighted by atomic mass is 16.1. The number of hydrogen-bond acceptors (Lipinski definition) is 1. The molecule has 2 N–H and O–H groups in total. The van der Waals surface area contributed by atoms with Crippen molar-refractivity contribution in [3.63, 3.8) is 0 Å². The van der Waals surface area contributed by atoms with Crippen LogP contribution in [-0.4, -0.2) is 5.91 Å². The molecule has 0 bridgehead atoms. The van der Waals surface area contributed by atoms with Gasteiger partial charge in [-0.2, -0.15) is 0 Å². The Kier molecular flexibility index (Phi) is 5.03. The fraction of sp³-hybridized carbons (Fsp3) is 0.500. The zero-order chi connectivity index (χ0) is 12.0. The quantitative estimate of drug-likeness (QED) is 0.775. The van der Waals surface area contributed by atoms with Gasteiger partial charge in [0.05, 0.1) is 0 Å². The van der Waals surface area contributed by atoms with Crippen molar-refractivity contribution in [1.29, 1.82) is 0 Å². The summed E-state index contributed by atoms with van der Waals surface area (Å²) in [6, 6.07) is 8.80. The van der Waals surface area contributed by atoms with Gasteiger partial charge in [0.2, 0.25) is 5.91 Å². The minimum atomic E-state index is -0.241. The summed E-state index contributed by atoms with van der Waals surface area (Å²) in [5.41, 5.74) is 7.95. The minimum Gasteiger partial charge on any atom is -0.369 e. The molecule has 0 fully saturated rings. The standard InChI is InChI=1S/C10H12.C4H9NO/c1-2-6-10-8-4-3-7-9(10)5-1;1-3(2)4(5)6/h1-2,5-6H,3-4,7-8H2;3H,1-2H3,(H2,5,6). The molecule has 0 heterocycles. The predicted octanol–water partition coefficient (Wildman–Crippen LogP) is 2.69. The van der Waals surface area contributed by atoms with Crippen molar-refractivity contribution in [2.45, 2.75) is 39.5 Å². The molecule has 2 nitrogen and oxygen atoms in total. The Balaban J connectivity index is 0.000000187. The minimum absolute atomic E-state index is 0.00926. The van der Waals surface area contributed by atoms with Gasteiger partial charge in [0.15, 0.2) is 0 Å². The second-order valence-corrected chi connectivity index (χ2v) is 4.53. The molecule has 16 heavy (non-hydrogen) atoms. The molecule has 0 saturated carbocycles. The van der Waals surface area contributed by atoms with Crippen molar-refractivity contribution in [3.05, 3.63) is 35.4 Å². The summed E-state index contributed by atoms with van der Waals surface area (Å²) in [6.45, 7) is 3.53. The van der Waals surface area contributed by atoms with Crippen molar-refractivity contribution in [1.82, 2.24) is 0 Å². The molecular weight excluding hydrogens is 198 g/mol. The van der Waals surface area contributed by atoms with Gasteiger partial charge < -0.3 is 5.73 Å². The maximum atomic E-state index is 9.92. The first kappa shape index (κ1) is 12.8. The van der Waals surface area contributed by atoms with Gasteiger partial charge in [0.1, 0.15) is 0 Å². The van der Waals surface area contributed by atoms with Crippen LogP contribution in [0.15, 0.2) is 24.3 Å². The fourth-order valence-electron chi connectivity index (χ4n) is 1.68. The normalized spacial score (nSPS) is 13.7. The average Bonchev–Trinajstić information content (AvgIpc) is 2.30. The number of fused-ring (bicyclic) bond motifs is 1. The Morgan fingerprint density at radius 3 is 1.81 bits per heavy atom. The highest BCUT2D eigenvalue weighted by molar-refractivity contribution is 5.75. The van der Waals surface area contributed by atoms with E-state index in [0.717, 1.165) is 0 Å². The molecule has 1 aliphatic carbocycles. The predicted molar refractivity (Wildman–Crippen MR) is 67.1 cm³/mol. The van der Waals surface area contributed by atoms with Crippen LogP contribution in [0.2, 0.25) is 0 Å². The lowest BCUT2D eigenvalue weighted by atomic mass is 9.92. The highest BCUT2D eigenvalue weighted by Crippen LogP contribution is 2.19. The Morgan fingerprint density at radius 2 is 1.50 bits per heavy atom. The third-order valence-electron chi connectivity index (χ3n) is 2.83. The first-order chi connectivity index (χ1) is 7.61. The zero-order valence-corrected chi connectivity index (χ0v) is 10.2. The van der Waals surface area contributed by atoms with Gasteiger partial charge in [-0.3, -0.25) is 4.79 Å². The lowest BCUT2D eigenvalue weighted by Gasteiger charge is -2.13. The second-order valence-electron chi connectivity index (χ2n) is 4.53. The van der Waals surface area contributed by atoms with E-state index in [0.29, 0.717) is 0 Å². The van der Waals surface area contributed by atoms with Crippen molar-refractivity contribution >= 4 is 5.91 Å². The first-order valence-electron chi connectivity index (χ1n) is 5.97. The van der Waals surface area contributed by atoms with Gasteiger partial charge in [0.25, 0.3) is 0 Å². The number of amides is 1. The number of carbonyl (C=O) groups is 1. The molecule has 1 aromatic carbocycles. The van der Waals surface area contributed by atoms with Gasteiger partial charge in [0, 0.05) is 5.92 Å². The van der Waals surface area contributed by atoms with E-state index >= 15 is 0 Å². The third-order valence-corrected chi connectivity index (χ3v) is 2.83. The van der Waals surface area contributed by atoms with E-state index in [-0.39, 0.29) is 11.8 Å². The maximum Gasteiger partial charge on any atom is 0.219 e. The molecule has 1 aromatic rings. The summed E-state index contributed by atoms with van der Waals surface area (Å²) in [5, 5.41) is 0.